The highest BCUT2D eigenvalue weighted by Gasteiger charge is 2.17. The van der Waals surface area contributed by atoms with Crippen molar-refractivity contribution >= 4 is 40.6 Å². The van der Waals surface area contributed by atoms with E-state index in [1.165, 1.54) is 25.7 Å². The number of amides is 1. The lowest BCUT2D eigenvalue weighted by Gasteiger charge is -2.10. The first-order chi connectivity index (χ1) is 8.65. The molecular formula is C13H17ClN2OS. The van der Waals surface area contributed by atoms with E-state index in [9.17, 15) is 4.79 Å². The summed E-state index contributed by atoms with van der Waals surface area (Å²) >= 11 is 7.73. The van der Waals surface area contributed by atoms with Gasteiger partial charge in [-0.3, -0.25) is 4.79 Å². The van der Waals surface area contributed by atoms with E-state index >= 15 is 0 Å². The monoisotopic (exact) mass is 284 g/mol. The van der Waals surface area contributed by atoms with Gasteiger partial charge in [0.05, 0.1) is 16.5 Å². The van der Waals surface area contributed by atoms with Gasteiger partial charge >= 0.3 is 0 Å². The molecule has 98 valence electrons. The predicted octanol–water partition coefficient (Wildman–Crippen LogP) is 3.54. The summed E-state index contributed by atoms with van der Waals surface area (Å²) in [6, 6.07) is 5.09. The van der Waals surface area contributed by atoms with E-state index in [4.69, 9.17) is 17.3 Å². The van der Waals surface area contributed by atoms with E-state index in [1.807, 2.05) is 0 Å². The Morgan fingerprint density at radius 1 is 1.44 bits per heavy atom. The fraction of sp³-hybridized carbons (Fsp3) is 0.462. The number of hydrogen-bond acceptors (Lipinski definition) is 3. The molecular weight excluding hydrogens is 268 g/mol. The third-order valence-corrected chi connectivity index (χ3v) is 4.72. The summed E-state index contributed by atoms with van der Waals surface area (Å²) in [5.41, 5.74) is 6.85. The predicted molar refractivity (Wildman–Crippen MR) is 79.2 cm³/mol. The second-order valence-electron chi connectivity index (χ2n) is 4.50. The van der Waals surface area contributed by atoms with E-state index in [0.717, 1.165) is 0 Å². The second-order valence-corrected chi connectivity index (χ2v) is 6.20. The molecule has 1 fully saturated rings. The molecule has 0 spiro atoms. The van der Waals surface area contributed by atoms with Gasteiger partial charge in [0.1, 0.15) is 0 Å². The maximum absolute atomic E-state index is 11.8. The minimum Gasteiger partial charge on any atom is -0.399 e. The van der Waals surface area contributed by atoms with E-state index in [0.29, 0.717) is 27.4 Å². The third kappa shape index (κ3) is 3.82. The zero-order valence-electron chi connectivity index (χ0n) is 10.1. The van der Waals surface area contributed by atoms with Crippen LogP contribution in [0.5, 0.6) is 0 Å². The van der Waals surface area contributed by atoms with E-state index < -0.39 is 0 Å². The Kier molecular flexibility index (Phi) is 4.78. The van der Waals surface area contributed by atoms with Gasteiger partial charge in [-0.25, -0.2) is 0 Å². The van der Waals surface area contributed by atoms with Crippen molar-refractivity contribution in [2.75, 3.05) is 16.8 Å². The van der Waals surface area contributed by atoms with Gasteiger partial charge in [-0.05, 0) is 31.0 Å². The highest BCUT2D eigenvalue weighted by molar-refractivity contribution is 8.00. The smallest absolute Gasteiger partial charge is 0.234 e. The average molecular weight is 285 g/mol. The van der Waals surface area contributed by atoms with Crippen LogP contribution in [0.2, 0.25) is 5.02 Å². The van der Waals surface area contributed by atoms with Crippen LogP contribution in [0.1, 0.15) is 25.7 Å². The average Bonchev–Trinajstić information content (AvgIpc) is 2.84. The van der Waals surface area contributed by atoms with Crippen molar-refractivity contribution in [1.82, 2.24) is 0 Å². The Morgan fingerprint density at radius 2 is 2.17 bits per heavy atom. The van der Waals surface area contributed by atoms with Crippen LogP contribution in [0.3, 0.4) is 0 Å². The van der Waals surface area contributed by atoms with E-state index in [1.54, 1.807) is 30.0 Å². The molecule has 0 aliphatic heterocycles. The normalized spacial score (nSPS) is 15.8. The Labute approximate surface area is 116 Å². The molecule has 1 aliphatic rings. The fourth-order valence-corrected chi connectivity index (χ4v) is 3.36. The summed E-state index contributed by atoms with van der Waals surface area (Å²) in [7, 11) is 0. The van der Waals surface area contributed by atoms with Crippen LogP contribution < -0.4 is 11.1 Å². The molecule has 3 nitrogen and oxygen atoms in total. The number of nitrogens with one attached hydrogen (secondary N) is 1. The summed E-state index contributed by atoms with van der Waals surface area (Å²) in [6.07, 6.45) is 5.05. The van der Waals surface area contributed by atoms with Gasteiger partial charge in [0.15, 0.2) is 0 Å². The summed E-state index contributed by atoms with van der Waals surface area (Å²) in [6.45, 7) is 0. The second kappa shape index (κ2) is 6.34. The van der Waals surface area contributed by atoms with Crippen molar-refractivity contribution in [2.24, 2.45) is 0 Å². The minimum atomic E-state index is -0.0144. The highest BCUT2D eigenvalue weighted by atomic mass is 35.5. The zero-order valence-corrected chi connectivity index (χ0v) is 11.7. The van der Waals surface area contributed by atoms with Crippen molar-refractivity contribution in [3.63, 3.8) is 0 Å². The number of nitrogens with two attached hydrogens (primary N) is 1. The van der Waals surface area contributed by atoms with E-state index in [-0.39, 0.29) is 5.91 Å². The number of hydrogen-bond donors (Lipinski definition) is 2. The summed E-state index contributed by atoms with van der Waals surface area (Å²) in [5, 5.41) is 3.97. The lowest BCUT2D eigenvalue weighted by molar-refractivity contribution is -0.113. The first-order valence-electron chi connectivity index (χ1n) is 6.11. The fourth-order valence-electron chi connectivity index (χ4n) is 2.07. The van der Waals surface area contributed by atoms with E-state index in [2.05, 4.69) is 5.32 Å². The number of carbonyl (C=O) groups is 1. The number of rotatable bonds is 4. The maximum atomic E-state index is 11.8. The van der Waals surface area contributed by atoms with Crippen LogP contribution in [0.25, 0.3) is 0 Å². The summed E-state index contributed by atoms with van der Waals surface area (Å²) in [5.74, 6) is 0.467. The molecule has 3 N–H and O–H groups in total. The lowest BCUT2D eigenvalue weighted by Crippen LogP contribution is -2.16. The van der Waals surface area contributed by atoms with Crippen LogP contribution in [-0.2, 0) is 4.79 Å². The van der Waals surface area contributed by atoms with Crippen LogP contribution in [-0.4, -0.2) is 16.9 Å². The Bertz CT molecular complexity index is 433. The molecule has 0 saturated heterocycles. The molecule has 0 aromatic heterocycles. The number of halogens is 1. The molecule has 0 unspecified atom stereocenters. The number of thioether (sulfide) groups is 1. The van der Waals surface area contributed by atoms with Crippen LogP contribution in [0.4, 0.5) is 11.4 Å². The number of carbonyl (C=O) groups excluding carboxylic acids is 1. The Morgan fingerprint density at radius 3 is 2.89 bits per heavy atom. The van der Waals surface area contributed by atoms with Crippen LogP contribution in [0, 0.1) is 0 Å². The molecule has 2 rings (SSSR count). The Balaban J connectivity index is 1.84. The lowest BCUT2D eigenvalue weighted by atomic mass is 10.3. The van der Waals surface area contributed by atoms with Gasteiger partial charge in [-0.15, -0.1) is 11.8 Å². The van der Waals surface area contributed by atoms with Gasteiger partial charge < -0.3 is 11.1 Å². The molecule has 5 heteroatoms. The summed E-state index contributed by atoms with van der Waals surface area (Å²) < 4.78 is 0. The Hall–Kier alpha value is -0.870. The molecule has 18 heavy (non-hydrogen) atoms. The minimum absolute atomic E-state index is 0.0144. The van der Waals surface area contributed by atoms with Crippen LogP contribution >= 0.6 is 23.4 Å². The van der Waals surface area contributed by atoms with Gasteiger partial charge in [0.25, 0.3) is 0 Å². The van der Waals surface area contributed by atoms with Crippen molar-refractivity contribution < 1.29 is 4.79 Å². The molecule has 1 saturated carbocycles. The molecule has 0 heterocycles. The molecule has 1 aliphatic carbocycles. The molecule has 0 atom stereocenters. The molecule has 1 aromatic carbocycles. The van der Waals surface area contributed by atoms with Gasteiger partial charge in [0.2, 0.25) is 5.91 Å². The quantitative estimate of drug-likeness (QED) is 0.832. The molecule has 1 aromatic rings. The maximum Gasteiger partial charge on any atom is 0.234 e. The largest absolute Gasteiger partial charge is 0.399 e. The highest BCUT2D eigenvalue weighted by Crippen LogP contribution is 2.30. The van der Waals surface area contributed by atoms with Crippen molar-refractivity contribution in [2.45, 2.75) is 30.9 Å². The third-order valence-electron chi connectivity index (χ3n) is 3.02. The molecule has 0 radical (unpaired) electrons. The summed E-state index contributed by atoms with van der Waals surface area (Å²) in [4.78, 5) is 11.8. The SMILES string of the molecule is Nc1ccc(Cl)c(NC(=O)CSC2CCCC2)c1. The molecule has 0 bridgehead atoms. The number of nitrogen functional groups attached to an aromatic ring is 1. The zero-order chi connectivity index (χ0) is 13.0. The van der Waals surface area contributed by atoms with Gasteiger partial charge in [-0.2, -0.15) is 0 Å². The first-order valence-corrected chi connectivity index (χ1v) is 7.54. The first kappa shape index (κ1) is 13.6. The van der Waals surface area contributed by atoms with Crippen molar-refractivity contribution in [3.8, 4) is 0 Å². The number of anilines is 2. The van der Waals surface area contributed by atoms with Crippen LogP contribution in [0.15, 0.2) is 18.2 Å². The molecule has 1 amide bonds. The van der Waals surface area contributed by atoms with Gasteiger partial charge in [0, 0.05) is 10.9 Å². The topological polar surface area (TPSA) is 55.1 Å². The van der Waals surface area contributed by atoms with Gasteiger partial charge in [-0.1, -0.05) is 24.4 Å². The number of benzene rings is 1. The standard InChI is InChI=1S/C13H17ClN2OS/c14-11-6-5-9(15)7-12(11)16-13(17)8-18-10-3-1-2-4-10/h5-7,10H,1-4,8,15H2,(H,16,17). The van der Waals surface area contributed by atoms with Crippen molar-refractivity contribution in [3.05, 3.63) is 23.2 Å². The van der Waals surface area contributed by atoms with Crippen molar-refractivity contribution in [1.29, 1.82) is 0 Å².